The molecule has 1 aromatic carbocycles. The first kappa shape index (κ1) is 14.8. The maximum atomic E-state index is 11.6. The second-order valence-electron chi connectivity index (χ2n) is 5.29. The molecule has 5 heteroatoms. The highest BCUT2D eigenvalue weighted by Gasteiger charge is 2.28. The Morgan fingerprint density at radius 1 is 1.32 bits per heavy atom. The molecule has 0 saturated heterocycles. The smallest absolute Gasteiger partial charge is 0.150 e. The summed E-state index contributed by atoms with van der Waals surface area (Å²) >= 11 is 6.11. The zero-order chi connectivity index (χ0) is 13.9. The van der Waals surface area contributed by atoms with Crippen LogP contribution in [0.4, 0.5) is 0 Å². The number of rotatable bonds is 4. The maximum absolute atomic E-state index is 11.6. The summed E-state index contributed by atoms with van der Waals surface area (Å²) in [5.41, 5.74) is 1.06. The van der Waals surface area contributed by atoms with E-state index >= 15 is 0 Å². The lowest BCUT2D eigenvalue weighted by molar-refractivity contribution is 0.371. The van der Waals surface area contributed by atoms with Gasteiger partial charge >= 0.3 is 0 Å². The van der Waals surface area contributed by atoms with Crippen molar-refractivity contribution in [3.8, 4) is 0 Å². The Balaban J connectivity index is 1.92. The molecule has 1 aromatic rings. The zero-order valence-electron chi connectivity index (χ0n) is 11.1. The van der Waals surface area contributed by atoms with Crippen LogP contribution in [0, 0.1) is 0 Å². The molecule has 0 spiro atoms. The van der Waals surface area contributed by atoms with E-state index in [-0.39, 0.29) is 11.3 Å². The third-order valence-electron chi connectivity index (χ3n) is 3.77. The van der Waals surface area contributed by atoms with Crippen LogP contribution in [0.3, 0.4) is 0 Å². The molecule has 3 nitrogen and oxygen atoms in total. The van der Waals surface area contributed by atoms with Gasteiger partial charge in [-0.15, -0.1) is 0 Å². The van der Waals surface area contributed by atoms with E-state index in [4.69, 9.17) is 11.6 Å². The zero-order valence-corrected chi connectivity index (χ0v) is 12.7. The molecule has 0 amide bonds. The molecule has 0 aliphatic heterocycles. The SMILES string of the molecule is CS(=O)(=O)C1CCCC(NCc2ccccc2Cl)C1. The summed E-state index contributed by atoms with van der Waals surface area (Å²) in [7, 11) is -2.92. The van der Waals surface area contributed by atoms with Crippen LogP contribution in [0.1, 0.15) is 31.2 Å². The molecule has 2 rings (SSSR count). The number of nitrogens with one attached hydrogen (secondary N) is 1. The summed E-state index contributed by atoms with van der Waals surface area (Å²) in [6.07, 6.45) is 4.86. The number of halogens is 1. The van der Waals surface area contributed by atoms with Gasteiger partial charge in [0.1, 0.15) is 9.84 Å². The quantitative estimate of drug-likeness (QED) is 0.930. The van der Waals surface area contributed by atoms with Gasteiger partial charge in [0.15, 0.2) is 0 Å². The van der Waals surface area contributed by atoms with E-state index in [1.807, 2.05) is 24.3 Å². The van der Waals surface area contributed by atoms with Crippen molar-refractivity contribution in [3.63, 3.8) is 0 Å². The molecular weight excluding hydrogens is 282 g/mol. The summed E-state index contributed by atoms with van der Waals surface area (Å²) in [5.74, 6) is 0. The lowest BCUT2D eigenvalue weighted by Gasteiger charge is -2.28. The molecule has 106 valence electrons. The third-order valence-corrected chi connectivity index (χ3v) is 5.78. The third kappa shape index (κ3) is 4.20. The van der Waals surface area contributed by atoms with Crippen LogP contribution in [0.2, 0.25) is 5.02 Å². The second kappa shape index (κ2) is 6.25. The van der Waals surface area contributed by atoms with Gasteiger partial charge in [-0.25, -0.2) is 8.42 Å². The molecule has 0 bridgehead atoms. The Bertz CT molecular complexity index is 530. The first-order chi connectivity index (χ1) is 8.97. The predicted octanol–water partition coefficient (Wildman–Crippen LogP) is 2.79. The van der Waals surface area contributed by atoms with Crippen molar-refractivity contribution in [2.75, 3.05) is 6.26 Å². The van der Waals surface area contributed by atoms with Gasteiger partial charge in [0.2, 0.25) is 0 Å². The summed E-state index contributed by atoms with van der Waals surface area (Å²) in [6.45, 7) is 0.695. The van der Waals surface area contributed by atoms with Crippen LogP contribution in [0.5, 0.6) is 0 Å². The van der Waals surface area contributed by atoms with Crippen LogP contribution in [-0.4, -0.2) is 26.0 Å². The van der Waals surface area contributed by atoms with Gasteiger partial charge in [-0.05, 0) is 30.9 Å². The minimum absolute atomic E-state index is 0.190. The van der Waals surface area contributed by atoms with Gasteiger partial charge in [-0.3, -0.25) is 0 Å². The minimum Gasteiger partial charge on any atom is -0.310 e. The molecule has 1 aliphatic carbocycles. The van der Waals surface area contributed by atoms with Crippen molar-refractivity contribution in [1.29, 1.82) is 0 Å². The molecule has 2 atom stereocenters. The van der Waals surface area contributed by atoms with Crippen molar-refractivity contribution in [1.82, 2.24) is 5.32 Å². The Labute approximate surface area is 120 Å². The summed E-state index contributed by atoms with van der Waals surface area (Å²) in [4.78, 5) is 0. The van der Waals surface area contributed by atoms with Crippen molar-refractivity contribution in [3.05, 3.63) is 34.9 Å². The molecular formula is C14H20ClNO2S. The molecule has 1 saturated carbocycles. The van der Waals surface area contributed by atoms with E-state index < -0.39 is 9.84 Å². The lowest BCUT2D eigenvalue weighted by Crippen LogP contribution is -2.38. The highest BCUT2D eigenvalue weighted by Crippen LogP contribution is 2.24. The fourth-order valence-electron chi connectivity index (χ4n) is 2.62. The highest BCUT2D eigenvalue weighted by molar-refractivity contribution is 7.91. The Kier molecular flexibility index (Phi) is 4.87. The first-order valence-corrected chi connectivity index (χ1v) is 8.95. The Morgan fingerprint density at radius 3 is 2.74 bits per heavy atom. The highest BCUT2D eigenvalue weighted by atomic mass is 35.5. The maximum Gasteiger partial charge on any atom is 0.150 e. The van der Waals surface area contributed by atoms with Gasteiger partial charge in [0.25, 0.3) is 0 Å². The normalized spacial score (nSPS) is 24.3. The topological polar surface area (TPSA) is 46.2 Å². The molecule has 0 radical (unpaired) electrons. The molecule has 1 aliphatic rings. The van der Waals surface area contributed by atoms with Crippen LogP contribution in [0.25, 0.3) is 0 Å². The fraction of sp³-hybridized carbons (Fsp3) is 0.571. The van der Waals surface area contributed by atoms with Gasteiger partial charge < -0.3 is 5.32 Å². The van der Waals surface area contributed by atoms with Crippen LogP contribution < -0.4 is 5.32 Å². The van der Waals surface area contributed by atoms with Crippen LogP contribution in [0.15, 0.2) is 24.3 Å². The Hall–Kier alpha value is -0.580. The van der Waals surface area contributed by atoms with E-state index in [1.165, 1.54) is 6.26 Å². The molecule has 0 heterocycles. The Morgan fingerprint density at radius 2 is 2.05 bits per heavy atom. The monoisotopic (exact) mass is 301 g/mol. The number of sulfone groups is 1. The number of hydrogen-bond donors (Lipinski definition) is 1. The van der Waals surface area contributed by atoms with E-state index in [0.29, 0.717) is 13.0 Å². The molecule has 1 N–H and O–H groups in total. The van der Waals surface area contributed by atoms with Gasteiger partial charge in [0.05, 0.1) is 5.25 Å². The average Bonchev–Trinajstić information content (AvgIpc) is 2.37. The summed E-state index contributed by atoms with van der Waals surface area (Å²) in [5, 5.41) is 4.00. The van der Waals surface area contributed by atoms with Gasteiger partial charge in [-0.2, -0.15) is 0 Å². The van der Waals surface area contributed by atoms with E-state index in [0.717, 1.165) is 29.8 Å². The molecule has 2 unspecified atom stereocenters. The van der Waals surface area contributed by atoms with E-state index in [1.54, 1.807) is 0 Å². The van der Waals surface area contributed by atoms with Crippen LogP contribution >= 0.6 is 11.6 Å². The van der Waals surface area contributed by atoms with Crippen molar-refractivity contribution < 1.29 is 8.42 Å². The molecule has 0 aromatic heterocycles. The van der Waals surface area contributed by atoms with E-state index in [9.17, 15) is 8.42 Å². The van der Waals surface area contributed by atoms with Crippen LogP contribution in [-0.2, 0) is 16.4 Å². The first-order valence-electron chi connectivity index (χ1n) is 6.62. The molecule has 1 fully saturated rings. The van der Waals surface area contributed by atoms with E-state index in [2.05, 4.69) is 5.32 Å². The molecule has 19 heavy (non-hydrogen) atoms. The number of hydrogen-bond acceptors (Lipinski definition) is 3. The van der Waals surface area contributed by atoms with Crippen molar-refractivity contribution in [2.45, 2.75) is 43.5 Å². The fourth-order valence-corrected chi connectivity index (χ4v) is 3.99. The standard InChI is InChI=1S/C14H20ClNO2S/c1-19(17,18)13-7-4-6-12(9-13)16-10-11-5-2-3-8-14(11)15/h2-3,5,8,12-13,16H,4,6-7,9-10H2,1H3. The second-order valence-corrected chi connectivity index (χ2v) is 8.02. The van der Waals surface area contributed by atoms with Crippen molar-refractivity contribution in [2.24, 2.45) is 0 Å². The minimum atomic E-state index is -2.92. The van der Waals surface area contributed by atoms with Crippen molar-refractivity contribution >= 4 is 21.4 Å². The van der Waals surface area contributed by atoms with Gasteiger partial charge in [-0.1, -0.05) is 36.2 Å². The average molecular weight is 302 g/mol. The van der Waals surface area contributed by atoms with Gasteiger partial charge in [0, 0.05) is 23.9 Å². The predicted molar refractivity (Wildman–Crippen MR) is 79.2 cm³/mol. The summed E-state index contributed by atoms with van der Waals surface area (Å²) < 4.78 is 23.2. The number of benzene rings is 1. The largest absolute Gasteiger partial charge is 0.310 e. The lowest BCUT2D eigenvalue weighted by atomic mass is 9.95. The summed E-state index contributed by atoms with van der Waals surface area (Å²) in [6, 6.07) is 8.00.